The van der Waals surface area contributed by atoms with Crippen molar-refractivity contribution in [1.82, 2.24) is 45.1 Å². The number of hydroxylamine groups is 2. The van der Waals surface area contributed by atoms with Gasteiger partial charge in [-0.05, 0) is 82.6 Å². The van der Waals surface area contributed by atoms with Crippen LogP contribution in [-0.2, 0) is 51.1 Å². The van der Waals surface area contributed by atoms with Crippen molar-refractivity contribution in [2.75, 3.05) is 97.5 Å². The number of rotatable bonds is 11. The standard InChI is InChI=1S/C54H72F2N10O9S/c1-33(70-5)45-40(28-37(30-57-45)62-17-15-61(16-18-62)36-9-10-36)47-41-29-53(3,4)32-74-51(68)42-7-6-14-65(60-42)50(67)46(59-52(69)66-34(2)54(55,56)75-66)48(63-19-24-72-25-20-63)49-58-43(31-76-49)35-8-11-44(39(41)27-35)64(47)21-26-73-38-12-22-71-23-13-38/h8,11,27-28,30-31,33-34,36,38,42,46,48,60H,6-7,9-10,12-26,29,32H2,1-5H3,(H,59,69)/t33-,34-,42-,46-,48-/m0/s1. The lowest BCUT2D eigenvalue weighted by Gasteiger charge is -2.45. The lowest BCUT2D eigenvalue weighted by molar-refractivity contribution is -0.460. The zero-order valence-electron chi connectivity index (χ0n) is 44.3. The zero-order chi connectivity index (χ0) is 52.9. The number of morpholine rings is 1. The quantitative estimate of drug-likeness (QED) is 0.160. The number of urea groups is 1. The number of nitrogens with zero attached hydrogens (tertiary/aromatic N) is 8. The highest BCUT2D eigenvalue weighted by molar-refractivity contribution is 7.10. The van der Waals surface area contributed by atoms with Crippen LogP contribution in [0.1, 0.15) is 94.6 Å². The summed E-state index contributed by atoms with van der Waals surface area (Å²) in [7, 11) is 1.71. The van der Waals surface area contributed by atoms with E-state index in [0.717, 1.165) is 83.7 Å². The number of cyclic esters (lactones) is 1. The average molecular weight is 1080 g/mol. The first kappa shape index (κ1) is 53.1. The lowest BCUT2D eigenvalue weighted by atomic mass is 9.84. The largest absolute Gasteiger partial charge is 0.464 e. The van der Waals surface area contributed by atoms with E-state index in [-0.39, 0.29) is 25.4 Å². The number of aromatic nitrogens is 3. The van der Waals surface area contributed by atoms with Gasteiger partial charge in [0.05, 0.1) is 73.6 Å². The number of hydrogen-bond donors (Lipinski definition) is 2. The number of carbonyl (C=O) groups is 3. The van der Waals surface area contributed by atoms with Gasteiger partial charge in [0.25, 0.3) is 5.91 Å². The number of ether oxygens (including phenoxy) is 5. The van der Waals surface area contributed by atoms with E-state index in [1.807, 2.05) is 23.4 Å². The summed E-state index contributed by atoms with van der Waals surface area (Å²) in [5, 5.41) is 8.17. The van der Waals surface area contributed by atoms with Crippen LogP contribution in [-0.4, -0.2) is 181 Å². The molecule has 6 aliphatic heterocycles. The summed E-state index contributed by atoms with van der Waals surface area (Å²) < 4.78 is 61.5. The Morgan fingerprint density at radius 2 is 1.74 bits per heavy atom. The Bertz CT molecular complexity index is 2750. The lowest BCUT2D eigenvalue weighted by Crippen LogP contribution is -2.68. The number of hydrazine groups is 1. The van der Waals surface area contributed by atoms with E-state index in [1.54, 1.807) is 7.11 Å². The molecular formula is C54H72F2N10O9S. The Hall–Kier alpha value is -4.91. The van der Waals surface area contributed by atoms with E-state index >= 15 is 4.79 Å². The molecule has 4 aromatic rings. The predicted molar refractivity (Wildman–Crippen MR) is 279 cm³/mol. The highest BCUT2D eigenvalue weighted by Crippen LogP contribution is 2.44. The van der Waals surface area contributed by atoms with Crippen molar-refractivity contribution in [1.29, 1.82) is 0 Å². The fourth-order valence-electron chi connectivity index (χ4n) is 11.7. The summed E-state index contributed by atoms with van der Waals surface area (Å²) in [6.45, 7) is 15.3. The van der Waals surface area contributed by atoms with E-state index in [4.69, 9.17) is 33.7 Å². The molecule has 1 aliphatic carbocycles. The third-order valence-electron chi connectivity index (χ3n) is 16.3. The van der Waals surface area contributed by atoms with Gasteiger partial charge in [-0.25, -0.2) is 15.2 Å². The number of methoxy groups -OCH3 is 1. The molecule has 19 nitrogen and oxygen atoms in total. The Balaban J connectivity index is 1.06. The summed E-state index contributed by atoms with van der Waals surface area (Å²) >= 11 is 1.35. The van der Waals surface area contributed by atoms with Crippen LogP contribution >= 0.6 is 11.3 Å². The van der Waals surface area contributed by atoms with Gasteiger partial charge >= 0.3 is 18.1 Å². The molecule has 1 saturated carbocycles. The summed E-state index contributed by atoms with van der Waals surface area (Å²) in [5.41, 5.74) is 9.86. The Labute approximate surface area is 446 Å². The van der Waals surface area contributed by atoms with Gasteiger partial charge in [0.2, 0.25) is 0 Å². The second kappa shape index (κ2) is 22.1. The van der Waals surface area contributed by atoms with Crippen LogP contribution in [0.5, 0.6) is 0 Å². The van der Waals surface area contributed by atoms with Crippen molar-refractivity contribution < 1.29 is 51.7 Å². The number of thiazole rings is 1. The maximum absolute atomic E-state index is 15.1. The number of esters is 1. The molecule has 11 rings (SSSR count). The van der Waals surface area contributed by atoms with Gasteiger partial charge in [0.1, 0.15) is 17.1 Å². The molecule has 9 heterocycles. The number of anilines is 1. The number of fused-ring (bicyclic) bond motifs is 6. The first-order valence-corrected chi connectivity index (χ1v) is 28.1. The molecule has 1 aromatic carbocycles. The smallest absolute Gasteiger partial charge is 0.398 e. The Kier molecular flexibility index (Phi) is 15.4. The van der Waals surface area contributed by atoms with E-state index in [2.05, 4.69) is 68.1 Å². The summed E-state index contributed by atoms with van der Waals surface area (Å²) in [5.74, 6) is -1.08. The molecule has 22 heteroatoms. The minimum Gasteiger partial charge on any atom is -0.464 e. The molecule has 5 atom stereocenters. The number of halogens is 2. The molecule has 0 unspecified atom stereocenters. The third kappa shape index (κ3) is 10.9. The molecule has 412 valence electrons. The predicted octanol–water partition coefficient (Wildman–Crippen LogP) is 6.32. The molecule has 2 N–H and O–H groups in total. The summed E-state index contributed by atoms with van der Waals surface area (Å²) in [4.78, 5) is 65.6. The van der Waals surface area contributed by atoms with Crippen molar-refractivity contribution in [2.24, 2.45) is 5.41 Å². The van der Waals surface area contributed by atoms with Gasteiger partial charge < -0.3 is 38.5 Å². The maximum Gasteiger partial charge on any atom is 0.398 e. The van der Waals surface area contributed by atoms with E-state index < -0.39 is 53.6 Å². The van der Waals surface area contributed by atoms with Crippen molar-refractivity contribution in [3.05, 3.63) is 52.1 Å². The average Bonchev–Trinajstić information content (AvgIpc) is 4.11. The molecule has 5 saturated heterocycles. The monoisotopic (exact) mass is 1070 g/mol. The number of alkyl halides is 2. The fraction of sp³-hybridized carbons (Fsp3) is 0.648. The molecule has 76 heavy (non-hydrogen) atoms. The number of amides is 3. The van der Waals surface area contributed by atoms with Crippen LogP contribution in [0, 0.1) is 5.41 Å². The van der Waals surface area contributed by atoms with Gasteiger partial charge in [-0.3, -0.25) is 29.4 Å². The molecule has 0 radical (unpaired) electrons. The minimum absolute atomic E-state index is 0.0629. The second-order valence-electron chi connectivity index (χ2n) is 22.2. The SMILES string of the molecule is CO[C@@H](C)c1ncc(N2CCN(C3CC3)CC2)cc1-c1c2c3cc(ccc3n1CCOC1CCOCC1)-c1csc(n1)[C@@H](N1CCOCC1)[C@H](NC(=O)N1OC(F)(F)[C@@H]1C)C(=O)N1CCC[C@H](N1)C(=O)OCC(C)(C)C2. The van der Waals surface area contributed by atoms with E-state index in [9.17, 15) is 18.4 Å². The van der Waals surface area contributed by atoms with E-state index in [1.165, 1.54) is 36.1 Å². The van der Waals surface area contributed by atoms with Crippen LogP contribution in [0.3, 0.4) is 0 Å². The van der Waals surface area contributed by atoms with Gasteiger partial charge in [-0.2, -0.15) is 18.7 Å². The number of piperazine rings is 1. The van der Waals surface area contributed by atoms with Crippen molar-refractivity contribution >= 4 is 45.8 Å². The van der Waals surface area contributed by atoms with Crippen LogP contribution in [0.4, 0.5) is 19.3 Å². The number of hydrogen-bond acceptors (Lipinski definition) is 16. The summed E-state index contributed by atoms with van der Waals surface area (Å²) in [6.07, 6.45) is 3.74. The normalized spacial score (nSPS) is 26.5. The van der Waals surface area contributed by atoms with Gasteiger partial charge in [-0.1, -0.05) is 19.9 Å². The van der Waals surface area contributed by atoms with Crippen LogP contribution < -0.4 is 15.6 Å². The van der Waals surface area contributed by atoms with Crippen LogP contribution in [0.15, 0.2) is 35.8 Å². The Morgan fingerprint density at radius 1 is 0.974 bits per heavy atom. The minimum atomic E-state index is -3.55. The molecule has 0 spiro atoms. The first-order valence-electron chi connectivity index (χ1n) is 27.2. The number of carbonyl (C=O) groups excluding carboxylic acids is 3. The van der Waals surface area contributed by atoms with E-state index in [0.29, 0.717) is 93.7 Å². The molecule has 3 amide bonds. The first-order chi connectivity index (χ1) is 36.7. The molecule has 6 fully saturated rings. The van der Waals surface area contributed by atoms with Crippen molar-refractivity contribution in [3.8, 4) is 22.5 Å². The molecular weight excluding hydrogens is 1000 g/mol. The second-order valence-corrected chi connectivity index (χ2v) is 23.1. The molecule has 3 aromatic heterocycles. The number of benzene rings is 1. The topological polar surface area (TPSA) is 178 Å². The van der Waals surface area contributed by atoms with Gasteiger partial charge in [-0.15, -0.1) is 11.3 Å². The van der Waals surface area contributed by atoms with Crippen LogP contribution in [0.25, 0.3) is 33.4 Å². The van der Waals surface area contributed by atoms with Gasteiger partial charge in [0, 0.05) is 112 Å². The maximum atomic E-state index is 15.1. The molecule has 6 bridgehead atoms. The van der Waals surface area contributed by atoms with Gasteiger partial charge in [0.15, 0.2) is 6.04 Å². The highest BCUT2D eigenvalue weighted by atomic mass is 32.1. The number of nitrogens with one attached hydrogen (secondary N) is 2. The van der Waals surface area contributed by atoms with Crippen molar-refractivity contribution in [3.63, 3.8) is 0 Å². The van der Waals surface area contributed by atoms with Crippen LogP contribution in [0.2, 0.25) is 0 Å². The zero-order valence-corrected chi connectivity index (χ0v) is 45.1. The summed E-state index contributed by atoms with van der Waals surface area (Å²) in [6, 6.07) is 3.68. The Morgan fingerprint density at radius 3 is 2.46 bits per heavy atom. The third-order valence-corrected chi connectivity index (χ3v) is 17.2. The fourth-order valence-corrected chi connectivity index (χ4v) is 12.7. The van der Waals surface area contributed by atoms with Crippen molar-refractivity contribution in [2.45, 2.75) is 128 Å². The molecule has 7 aliphatic rings. The number of pyridine rings is 1. The highest BCUT2D eigenvalue weighted by Gasteiger charge is 2.58.